The lowest BCUT2D eigenvalue weighted by Crippen LogP contribution is -2.26. The van der Waals surface area contributed by atoms with Gasteiger partial charge in [-0.1, -0.05) is 30.3 Å². The number of aromatic nitrogens is 1. The first-order valence-electron chi connectivity index (χ1n) is 8.22. The Labute approximate surface area is 163 Å². The minimum absolute atomic E-state index is 0. The highest BCUT2D eigenvalue weighted by molar-refractivity contribution is 5.96. The second-order valence-corrected chi connectivity index (χ2v) is 5.92. The number of pyridine rings is 1. The van der Waals surface area contributed by atoms with E-state index >= 15 is 0 Å². The molecule has 0 aliphatic carbocycles. The molecule has 0 fully saturated rings. The SMILES string of the molecule is COC(=O)c1cc2ccccc2nc1Oc1ccc(CC(N)CO)cc1.Cl. The maximum absolute atomic E-state index is 12.1. The highest BCUT2D eigenvalue weighted by Gasteiger charge is 2.17. The summed E-state index contributed by atoms with van der Waals surface area (Å²) < 4.78 is 10.7. The minimum atomic E-state index is -0.510. The lowest BCUT2D eigenvalue weighted by atomic mass is 10.1. The molecular weight excluding hydrogens is 368 g/mol. The molecule has 1 heterocycles. The van der Waals surface area contributed by atoms with Crippen molar-refractivity contribution in [2.45, 2.75) is 12.5 Å². The Kier molecular flexibility index (Phi) is 7.12. The number of nitrogens with zero attached hydrogens (tertiary/aromatic N) is 1. The average Bonchev–Trinajstić information content (AvgIpc) is 2.68. The molecule has 0 radical (unpaired) electrons. The normalized spacial score (nSPS) is 11.5. The predicted octanol–water partition coefficient (Wildman–Crippen LogP) is 3.10. The Morgan fingerprint density at radius 3 is 2.56 bits per heavy atom. The van der Waals surface area contributed by atoms with Crippen LogP contribution in [-0.2, 0) is 11.2 Å². The Balaban J connectivity index is 0.00000261. The van der Waals surface area contributed by atoms with Gasteiger partial charge in [0.15, 0.2) is 0 Å². The van der Waals surface area contributed by atoms with Gasteiger partial charge in [-0.05, 0) is 36.2 Å². The van der Waals surface area contributed by atoms with E-state index in [1.165, 1.54) is 7.11 Å². The number of rotatable bonds is 6. The molecule has 3 rings (SSSR count). The number of nitrogens with two attached hydrogens (primary N) is 1. The van der Waals surface area contributed by atoms with Crippen LogP contribution in [0.4, 0.5) is 0 Å². The van der Waals surface area contributed by atoms with Gasteiger partial charge >= 0.3 is 5.97 Å². The largest absolute Gasteiger partial charge is 0.465 e. The summed E-state index contributed by atoms with van der Waals surface area (Å²) in [6.07, 6.45) is 0.568. The van der Waals surface area contributed by atoms with Crippen molar-refractivity contribution in [3.8, 4) is 11.6 Å². The van der Waals surface area contributed by atoms with Gasteiger partial charge in [0, 0.05) is 11.4 Å². The number of aliphatic hydroxyl groups excluding tert-OH is 1. The number of ether oxygens (including phenoxy) is 2. The van der Waals surface area contributed by atoms with Crippen molar-refractivity contribution >= 4 is 29.3 Å². The summed E-state index contributed by atoms with van der Waals surface area (Å²) in [6.45, 7) is -0.0677. The van der Waals surface area contributed by atoms with Crippen LogP contribution in [0.3, 0.4) is 0 Å². The number of para-hydroxylation sites is 1. The lowest BCUT2D eigenvalue weighted by Gasteiger charge is -2.12. The zero-order valence-corrected chi connectivity index (χ0v) is 15.6. The smallest absolute Gasteiger partial charge is 0.343 e. The predicted molar refractivity (Wildman–Crippen MR) is 106 cm³/mol. The quantitative estimate of drug-likeness (QED) is 0.630. The van der Waals surface area contributed by atoms with Crippen LogP contribution in [0, 0.1) is 0 Å². The number of hydrogen-bond donors (Lipinski definition) is 2. The third-order valence-corrected chi connectivity index (χ3v) is 3.96. The summed E-state index contributed by atoms with van der Waals surface area (Å²) in [4.78, 5) is 16.5. The standard InChI is InChI=1S/C20H20N2O4.ClH/c1-25-20(24)17-11-14-4-2-3-5-18(14)22-19(17)26-16-8-6-13(7-9-16)10-15(21)12-23;/h2-9,11,15,23H,10,12,21H2,1H3;1H. The second-order valence-electron chi connectivity index (χ2n) is 5.92. The van der Waals surface area contributed by atoms with Crippen LogP contribution < -0.4 is 10.5 Å². The van der Waals surface area contributed by atoms with Gasteiger partial charge in [-0.15, -0.1) is 12.4 Å². The summed E-state index contributed by atoms with van der Waals surface area (Å²) in [5.74, 6) is 0.221. The van der Waals surface area contributed by atoms with Crippen molar-refractivity contribution in [1.29, 1.82) is 0 Å². The van der Waals surface area contributed by atoms with Crippen molar-refractivity contribution in [3.63, 3.8) is 0 Å². The molecule has 6 nitrogen and oxygen atoms in total. The second kappa shape index (κ2) is 9.32. The first-order valence-corrected chi connectivity index (χ1v) is 8.22. The molecule has 0 bridgehead atoms. The molecule has 142 valence electrons. The number of hydrogen-bond acceptors (Lipinski definition) is 6. The van der Waals surface area contributed by atoms with E-state index in [-0.39, 0.29) is 36.5 Å². The summed E-state index contributed by atoms with van der Waals surface area (Å²) in [7, 11) is 1.32. The number of methoxy groups -OCH3 is 1. The summed E-state index contributed by atoms with van der Waals surface area (Å²) in [5, 5.41) is 9.86. The lowest BCUT2D eigenvalue weighted by molar-refractivity contribution is 0.0597. The molecule has 0 aliphatic heterocycles. The molecule has 3 aromatic rings. The number of fused-ring (bicyclic) bond motifs is 1. The highest BCUT2D eigenvalue weighted by atomic mass is 35.5. The first-order chi connectivity index (χ1) is 12.6. The molecule has 27 heavy (non-hydrogen) atoms. The molecule has 7 heteroatoms. The first kappa shape index (κ1) is 20.6. The third-order valence-electron chi connectivity index (χ3n) is 3.96. The van der Waals surface area contributed by atoms with Crippen LogP contribution in [0.5, 0.6) is 11.6 Å². The number of carbonyl (C=O) groups is 1. The number of benzene rings is 2. The van der Waals surface area contributed by atoms with Gasteiger partial charge in [0.25, 0.3) is 0 Å². The van der Waals surface area contributed by atoms with Gasteiger partial charge in [0.2, 0.25) is 5.88 Å². The van der Waals surface area contributed by atoms with Crippen molar-refractivity contribution in [1.82, 2.24) is 4.98 Å². The van der Waals surface area contributed by atoms with Crippen LogP contribution in [0.15, 0.2) is 54.6 Å². The fourth-order valence-corrected chi connectivity index (χ4v) is 2.60. The summed E-state index contributed by atoms with van der Waals surface area (Å²) >= 11 is 0. The zero-order valence-electron chi connectivity index (χ0n) is 14.8. The van der Waals surface area contributed by atoms with Crippen molar-refractivity contribution < 1.29 is 19.4 Å². The van der Waals surface area contributed by atoms with Gasteiger partial charge in [-0.25, -0.2) is 9.78 Å². The Hall–Kier alpha value is -2.67. The van der Waals surface area contributed by atoms with Gasteiger partial charge in [0.1, 0.15) is 11.3 Å². The maximum Gasteiger partial charge on any atom is 0.343 e. The van der Waals surface area contributed by atoms with E-state index < -0.39 is 5.97 Å². The molecule has 0 amide bonds. The van der Waals surface area contributed by atoms with Gasteiger partial charge in [0.05, 0.1) is 19.2 Å². The Bertz CT molecular complexity index is 916. The van der Waals surface area contributed by atoms with Gasteiger partial charge in [-0.2, -0.15) is 0 Å². The molecular formula is C20H21ClN2O4. The summed E-state index contributed by atoms with van der Waals surface area (Å²) in [5.41, 5.74) is 7.71. The number of halogens is 1. The number of esters is 1. The van der Waals surface area contributed by atoms with E-state index in [0.717, 1.165) is 16.5 Å². The molecule has 0 saturated heterocycles. The van der Waals surface area contributed by atoms with E-state index in [1.54, 1.807) is 18.2 Å². The van der Waals surface area contributed by atoms with E-state index in [1.807, 2.05) is 36.4 Å². The zero-order chi connectivity index (χ0) is 18.5. The maximum atomic E-state index is 12.1. The Morgan fingerprint density at radius 2 is 1.89 bits per heavy atom. The third kappa shape index (κ3) is 4.95. The number of aliphatic hydroxyl groups is 1. The topological polar surface area (TPSA) is 94.7 Å². The van der Waals surface area contributed by atoms with E-state index in [4.69, 9.17) is 20.3 Å². The fraction of sp³-hybridized carbons (Fsp3) is 0.200. The molecule has 1 atom stereocenters. The molecule has 1 unspecified atom stereocenters. The van der Waals surface area contributed by atoms with Crippen molar-refractivity contribution in [3.05, 3.63) is 65.7 Å². The number of carbonyl (C=O) groups excluding carboxylic acids is 1. The molecule has 1 aromatic heterocycles. The molecule has 2 aromatic carbocycles. The van der Waals surface area contributed by atoms with E-state index in [2.05, 4.69) is 4.98 Å². The van der Waals surface area contributed by atoms with Crippen LogP contribution in [0.1, 0.15) is 15.9 Å². The van der Waals surface area contributed by atoms with Crippen molar-refractivity contribution in [2.24, 2.45) is 5.73 Å². The van der Waals surface area contributed by atoms with Crippen LogP contribution in [-0.4, -0.2) is 35.8 Å². The van der Waals surface area contributed by atoms with E-state index in [0.29, 0.717) is 12.2 Å². The van der Waals surface area contributed by atoms with Gasteiger partial charge in [-0.3, -0.25) is 0 Å². The molecule has 0 spiro atoms. The summed E-state index contributed by atoms with van der Waals surface area (Å²) in [6, 6.07) is 16.2. The highest BCUT2D eigenvalue weighted by Crippen LogP contribution is 2.28. The van der Waals surface area contributed by atoms with Crippen molar-refractivity contribution in [2.75, 3.05) is 13.7 Å². The van der Waals surface area contributed by atoms with Gasteiger partial charge < -0.3 is 20.3 Å². The molecule has 3 N–H and O–H groups in total. The van der Waals surface area contributed by atoms with Crippen LogP contribution >= 0.6 is 12.4 Å². The van der Waals surface area contributed by atoms with Crippen LogP contribution in [0.25, 0.3) is 10.9 Å². The Morgan fingerprint density at radius 1 is 1.19 bits per heavy atom. The molecule has 0 saturated carbocycles. The fourth-order valence-electron chi connectivity index (χ4n) is 2.60. The van der Waals surface area contributed by atoms with E-state index in [9.17, 15) is 4.79 Å². The molecule has 0 aliphatic rings. The van der Waals surface area contributed by atoms with Crippen LogP contribution in [0.2, 0.25) is 0 Å². The minimum Gasteiger partial charge on any atom is -0.465 e. The average molecular weight is 389 g/mol. The monoisotopic (exact) mass is 388 g/mol.